The summed E-state index contributed by atoms with van der Waals surface area (Å²) in [6.45, 7) is 1.67. The van der Waals surface area contributed by atoms with Crippen LogP contribution in [0.1, 0.15) is 36.0 Å². The molecule has 4 N–H and O–H groups in total. The van der Waals surface area contributed by atoms with Crippen molar-refractivity contribution in [2.45, 2.75) is 57.3 Å². The van der Waals surface area contributed by atoms with Gasteiger partial charge in [0, 0.05) is 56.1 Å². The number of carbonyl (C=O) groups is 1. The minimum absolute atomic E-state index is 0.0177. The van der Waals surface area contributed by atoms with Crippen molar-refractivity contribution < 1.29 is 27.8 Å². The molecule has 198 valence electrons. The molecule has 0 radical (unpaired) electrons. The van der Waals surface area contributed by atoms with Gasteiger partial charge in [-0.2, -0.15) is 4.98 Å². The van der Waals surface area contributed by atoms with Gasteiger partial charge in [0.25, 0.3) is 11.8 Å². The molecule has 1 aromatic carbocycles. The first kappa shape index (κ1) is 26.6. The second kappa shape index (κ2) is 10.9. The van der Waals surface area contributed by atoms with Crippen molar-refractivity contribution in [2.75, 3.05) is 24.4 Å². The van der Waals surface area contributed by atoms with Crippen LogP contribution in [0.3, 0.4) is 0 Å². The van der Waals surface area contributed by atoms with Crippen molar-refractivity contribution in [1.82, 2.24) is 14.9 Å². The summed E-state index contributed by atoms with van der Waals surface area (Å²) in [6, 6.07) is 3.14. The van der Waals surface area contributed by atoms with Crippen LogP contribution in [-0.2, 0) is 22.7 Å². The SMILES string of the molecule is COC[C@H]1C/C(=C/Nc2nc(NC3CC(F)(F)C3)ncc2C)C(=N)C(=O)N1Cc1cc(F)ccc1CO. The van der Waals surface area contributed by atoms with E-state index >= 15 is 0 Å². The Kier molecular flexibility index (Phi) is 7.79. The molecule has 0 spiro atoms. The van der Waals surface area contributed by atoms with Crippen molar-refractivity contribution in [3.05, 3.63) is 58.7 Å². The van der Waals surface area contributed by atoms with Gasteiger partial charge in [0.05, 0.1) is 19.3 Å². The van der Waals surface area contributed by atoms with Gasteiger partial charge in [-0.15, -0.1) is 0 Å². The molecular weight excluding hydrogens is 489 g/mol. The van der Waals surface area contributed by atoms with E-state index in [1.165, 1.54) is 36.4 Å². The first-order chi connectivity index (χ1) is 17.6. The van der Waals surface area contributed by atoms with Crippen LogP contribution in [-0.4, -0.2) is 63.3 Å². The number of alkyl halides is 2. The van der Waals surface area contributed by atoms with Gasteiger partial charge in [0.2, 0.25) is 5.95 Å². The number of likely N-dealkylation sites (tertiary alicyclic amines) is 1. The number of benzene rings is 1. The lowest BCUT2D eigenvalue weighted by molar-refractivity contribution is -0.129. The molecule has 12 heteroatoms. The third kappa shape index (κ3) is 6.08. The summed E-state index contributed by atoms with van der Waals surface area (Å²) in [6.07, 6.45) is 2.82. The van der Waals surface area contributed by atoms with Crippen molar-refractivity contribution in [2.24, 2.45) is 0 Å². The number of hydrogen-bond acceptors (Lipinski definition) is 8. The maximum Gasteiger partial charge on any atom is 0.272 e. The number of nitrogens with zero attached hydrogens (tertiary/aromatic N) is 3. The topological polar surface area (TPSA) is 123 Å². The smallest absolute Gasteiger partial charge is 0.272 e. The van der Waals surface area contributed by atoms with E-state index in [1.54, 1.807) is 13.1 Å². The molecule has 1 saturated carbocycles. The normalized spacial score (nSPS) is 20.8. The van der Waals surface area contributed by atoms with Crippen molar-refractivity contribution in [1.29, 1.82) is 5.41 Å². The summed E-state index contributed by atoms with van der Waals surface area (Å²) in [7, 11) is 1.50. The summed E-state index contributed by atoms with van der Waals surface area (Å²) in [5, 5.41) is 24.0. The Morgan fingerprint density at radius 1 is 1.32 bits per heavy atom. The highest BCUT2D eigenvalue weighted by Gasteiger charge is 2.45. The number of aryl methyl sites for hydroxylation is 1. The molecule has 2 fully saturated rings. The zero-order valence-corrected chi connectivity index (χ0v) is 20.5. The molecule has 1 saturated heterocycles. The van der Waals surface area contributed by atoms with Crippen molar-refractivity contribution in [3.63, 3.8) is 0 Å². The quantitative estimate of drug-likeness (QED) is 0.401. The molecule has 9 nitrogen and oxygen atoms in total. The monoisotopic (exact) mass is 518 g/mol. The van der Waals surface area contributed by atoms with E-state index in [-0.39, 0.29) is 44.3 Å². The Labute approximate surface area is 212 Å². The van der Waals surface area contributed by atoms with E-state index in [0.29, 0.717) is 34.5 Å². The summed E-state index contributed by atoms with van der Waals surface area (Å²) in [5.41, 5.74) is 1.83. The Morgan fingerprint density at radius 3 is 2.76 bits per heavy atom. The average Bonchev–Trinajstić information content (AvgIpc) is 2.83. The minimum atomic E-state index is -2.66. The largest absolute Gasteiger partial charge is 0.392 e. The highest BCUT2D eigenvalue weighted by Crippen LogP contribution is 2.38. The third-order valence-corrected chi connectivity index (χ3v) is 6.51. The highest BCUT2D eigenvalue weighted by atomic mass is 19.3. The van der Waals surface area contributed by atoms with E-state index in [2.05, 4.69) is 20.6 Å². The Bertz CT molecular complexity index is 1210. The van der Waals surface area contributed by atoms with Crippen LogP contribution in [0.4, 0.5) is 24.9 Å². The highest BCUT2D eigenvalue weighted by molar-refractivity contribution is 6.44. The van der Waals surface area contributed by atoms with Gasteiger partial charge < -0.3 is 25.4 Å². The summed E-state index contributed by atoms with van der Waals surface area (Å²) in [5.74, 6) is -3.08. The second-order valence-electron chi connectivity index (χ2n) is 9.34. The lowest BCUT2D eigenvalue weighted by Crippen LogP contribution is -2.50. The van der Waals surface area contributed by atoms with E-state index in [0.717, 1.165) is 0 Å². The molecular formula is C25H29F3N6O3. The number of methoxy groups -OCH3 is 1. The fourth-order valence-corrected chi connectivity index (χ4v) is 4.42. The average molecular weight is 519 g/mol. The van der Waals surface area contributed by atoms with Gasteiger partial charge in [-0.3, -0.25) is 10.2 Å². The van der Waals surface area contributed by atoms with Crippen LogP contribution in [0.25, 0.3) is 0 Å². The van der Waals surface area contributed by atoms with Crippen LogP contribution >= 0.6 is 0 Å². The predicted molar refractivity (Wildman–Crippen MR) is 131 cm³/mol. The third-order valence-electron chi connectivity index (χ3n) is 6.51. The van der Waals surface area contributed by atoms with Gasteiger partial charge in [0.1, 0.15) is 17.3 Å². The van der Waals surface area contributed by atoms with E-state index < -0.39 is 29.7 Å². The van der Waals surface area contributed by atoms with E-state index in [4.69, 9.17) is 10.1 Å². The fraction of sp³-hybridized carbons (Fsp3) is 0.440. The lowest BCUT2D eigenvalue weighted by Gasteiger charge is -2.37. The molecule has 2 aromatic rings. The molecule has 1 amide bonds. The Hall–Kier alpha value is -3.51. The maximum absolute atomic E-state index is 13.9. The van der Waals surface area contributed by atoms with Crippen LogP contribution in [0, 0.1) is 18.2 Å². The van der Waals surface area contributed by atoms with Crippen molar-refractivity contribution in [3.8, 4) is 0 Å². The molecule has 2 aliphatic rings. The Morgan fingerprint density at radius 2 is 2.08 bits per heavy atom. The first-order valence-electron chi connectivity index (χ1n) is 11.8. The summed E-state index contributed by atoms with van der Waals surface area (Å²) >= 11 is 0. The molecule has 1 atom stereocenters. The number of ether oxygens (including phenoxy) is 1. The van der Waals surface area contributed by atoms with Crippen LogP contribution in [0.15, 0.2) is 36.2 Å². The fourth-order valence-electron chi connectivity index (χ4n) is 4.42. The number of nitrogens with one attached hydrogen (secondary N) is 3. The number of aliphatic hydroxyl groups excluding tert-OH is 1. The predicted octanol–water partition coefficient (Wildman–Crippen LogP) is 3.39. The number of piperidine rings is 1. The number of carbonyl (C=O) groups excluding carboxylic acids is 1. The number of hydrogen-bond donors (Lipinski definition) is 4. The van der Waals surface area contributed by atoms with E-state index in [9.17, 15) is 23.1 Å². The number of rotatable bonds is 9. The lowest BCUT2D eigenvalue weighted by atomic mass is 9.88. The first-order valence-corrected chi connectivity index (χ1v) is 11.8. The van der Waals surface area contributed by atoms with Gasteiger partial charge in [-0.25, -0.2) is 18.2 Å². The molecule has 1 aliphatic carbocycles. The van der Waals surface area contributed by atoms with Gasteiger partial charge in [-0.05, 0) is 36.6 Å². The second-order valence-corrected chi connectivity index (χ2v) is 9.34. The zero-order valence-electron chi connectivity index (χ0n) is 20.5. The summed E-state index contributed by atoms with van der Waals surface area (Å²) in [4.78, 5) is 23.1. The minimum Gasteiger partial charge on any atom is -0.392 e. The number of amides is 1. The standard InChI is InChI=1S/C25H29F3N6O3/c1-14-9-31-24(32-19-7-25(27,28)8-19)33-22(14)30-10-16-6-20(13-37-2)34(23(36)21(16)29)11-17-5-18(26)4-3-15(17)12-35/h3-5,9-10,19-20,29,35H,6-8,11-13H2,1-2H3,(H2,30,31,32,33)/b16-10-,29-21?/t20-/m1/s1. The number of anilines is 2. The molecule has 2 heterocycles. The zero-order chi connectivity index (χ0) is 26.7. The van der Waals surface area contributed by atoms with Crippen LogP contribution < -0.4 is 10.6 Å². The number of halogens is 3. The van der Waals surface area contributed by atoms with Gasteiger partial charge in [0.15, 0.2) is 0 Å². The van der Waals surface area contributed by atoms with Crippen LogP contribution in [0.2, 0.25) is 0 Å². The molecule has 1 aromatic heterocycles. The molecule has 37 heavy (non-hydrogen) atoms. The van der Waals surface area contributed by atoms with Gasteiger partial charge >= 0.3 is 0 Å². The molecule has 0 unspecified atom stereocenters. The van der Waals surface area contributed by atoms with Crippen molar-refractivity contribution >= 4 is 23.4 Å². The summed E-state index contributed by atoms with van der Waals surface area (Å²) < 4.78 is 45.4. The van der Waals surface area contributed by atoms with E-state index in [1.807, 2.05) is 0 Å². The Balaban J connectivity index is 1.50. The number of aliphatic hydroxyl groups is 1. The molecule has 1 aliphatic heterocycles. The molecule has 4 rings (SSSR count). The molecule has 0 bridgehead atoms. The maximum atomic E-state index is 13.9. The van der Waals surface area contributed by atoms with Crippen LogP contribution in [0.5, 0.6) is 0 Å². The van der Waals surface area contributed by atoms with Gasteiger partial charge in [-0.1, -0.05) is 6.07 Å². The number of aromatic nitrogens is 2.